The number of allylic oxidation sites excluding steroid dienone is 14. The minimum Gasteiger partial charge on any atom is -0.457 e. The van der Waals surface area contributed by atoms with E-state index >= 15 is 0 Å². The number of carbonyl (C=O) groups is 1. The summed E-state index contributed by atoms with van der Waals surface area (Å²) in [5.74, 6) is -0.413. The van der Waals surface area contributed by atoms with Crippen molar-refractivity contribution in [2.24, 2.45) is 0 Å². The predicted octanol–water partition coefficient (Wildman–Crippen LogP) is 11.9. The summed E-state index contributed by atoms with van der Waals surface area (Å²) < 4.78 is 33.3. The zero-order valence-corrected chi connectivity index (χ0v) is 36.0. The second-order valence-corrected chi connectivity index (χ2v) is 15.4. The van der Waals surface area contributed by atoms with Crippen LogP contribution in [0.25, 0.3) is 0 Å². The summed E-state index contributed by atoms with van der Waals surface area (Å²) >= 11 is 0. The van der Waals surface area contributed by atoms with Crippen LogP contribution >= 0.6 is 7.82 Å². The van der Waals surface area contributed by atoms with E-state index in [1.54, 1.807) is 0 Å². The number of hydrogen-bond donors (Lipinski definition) is 3. The normalized spacial score (nSPS) is 14.9. The van der Waals surface area contributed by atoms with Gasteiger partial charge in [-0.2, -0.15) is 0 Å². The summed E-state index contributed by atoms with van der Waals surface area (Å²) in [4.78, 5) is 22.6. The highest BCUT2D eigenvalue weighted by Crippen LogP contribution is 2.43. The van der Waals surface area contributed by atoms with Gasteiger partial charge in [-0.1, -0.05) is 150 Å². The van der Waals surface area contributed by atoms with Gasteiger partial charge in [0.2, 0.25) is 0 Å². The van der Waals surface area contributed by atoms with Gasteiger partial charge in [0.05, 0.1) is 26.4 Å². The van der Waals surface area contributed by atoms with Gasteiger partial charge in [-0.25, -0.2) is 4.57 Å². The largest absolute Gasteiger partial charge is 0.472 e. The third kappa shape index (κ3) is 41.3. The van der Waals surface area contributed by atoms with E-state index in [2.05, 4.69) is 98.9 Å². The van der Waals surface area contributed by atoms with E-state index in [9.17, 15) is 19.4 Å². The Morgan fingerprint density at radius 1 is 0.571 bits per heavy atom. The fourth-order valence-electron chi connectivity index (χ4n) is 5.28. The average Bonchev–Trinajstić information content (AvgIpc) is 3.19. The Bertz CT molecular complexity index is 1140. The SMILES string of the molecule is CC/C=C\C/C=C\C/C=C\C/C=C\C/C=C\C/C=C\CCCCCCC(=O)OC(COCCCCCCCC/C=C\CCCC)COP(=O)(O)OCC(O)CO. The molecule has 0 aromatic carbocycles. The molecule has 0 aromatic heterocycles. The molecular formula is C46H79O9P. The Kier molecular flexibility index (Phi) is 40.5. The summed E-state index contributed by atoms with van der Waals surface area (Å²) in [5, 5.41) is 18.3. The molecule has 0 spiro atoms. The lowest BCUT2D eigenvalue weighted by molar-refractivity contribution is -0.154. The molecule has 56 heavy (non-hydrogen) atoms. The Labute approximate surface area is 341 Å². The number of carbonyl (C=O) groups excluding carboxylic acids is 1. The molecule has 0 aliphatic carbocycles. The van der Waals surface area contributed by atoms with Crippen molar-refractivity contribution in [3.8, 4) is 0 Å². The van der Waals surface area contributed by atoms with Crippen LogP contribution in [-0.4, -0.2) is 66.3 Å². The maximum atomic E-state index is 12.6. The lowest BCUT2D eigenvalue weighted by atomic mass is 10.1. The Morgan fingerprint density at radius 3 is 1.55 bits per heavy atom. The lowest BCUT2D eigenvalue weighted by Crippen LogP contribution is -2.29. The fourth-order valence-corrected chi connectivity index (χ4v) is 6.07. The molecule has 0 heterocycles. The van der Waals surface area contributed by atoms with Crippen molar-refractivity contribution in [2.45, 2.75) is 167 Å². The average molecular weight is 807 g/mol. The maximum absolute atomic E-state index is 12.6. The van der Waals surface area contributed by atoms with Gasteiger partial charge >= 0.3 is 13.8 Å². The molecule has 0 radical (unpaired) electrons. The molecule has 0 bridgehead atoms. The highest BCUT2D eigenvalue weighted by molar-refractivity contribution is 7.47. The van der Waals surface area contributed by atoms with Crippen molar-refractivity contribution in [2.75, 3.05) is 33.0 Å². The Hall–Kier alpha value is -2.36. The van der Waals surface area contributed by atoms with Gasteiger partial charge < -0.3 is 24.6 Å². The van der Waals surface area contributed by atoms with E-state index in [1.807, 2.05) is 0 Å². The monoisotopic (exact) mass is 807 g/mol. The number of rotatable bonds is 40. The summed E-state index contributed by atoms with van der Waals surface area (Å²) in [6.07, 6.45) is 51.1. The van der Waals surface area contributed by atoms with Crippen LogP contribution in [0.15, 0.2) is 85.1 Å². The number of phosphoric acid groups is 1. The molecule has 10 heteroatoms. The van der Waals surface area contributed by atoms with Crippen molar-refractivity contribution in [1.29, 1.82) is 0 Å². The summed E-state index contributed by atoms with van der Waals surface area (Å²) in [7, 11) is -4.53. The van der Waals surface area contributed by atoms with Crippen LogP contribution in [0.2, 0.25) is 0 Å². The van der Waals surface area contributed by atoms with Crippen molar-refractivity contribution in [3.05, 3.63) is 85.1 Å². The van der Waals surface area contributed by atoms with Crippen LogP contribution < -0.4 is 0 Å². The van der Waals surface area contributed by atoms with E-state index in [-0.39, 0.29) is 13.0 Å². The smallest absolute Gasteiger partial charge is 0.457 e. The highest BCUT2D eigenvalue weighted by Gasteiger charge is 2.26. The zero-order chi connectivity index (χ0) is 41.1. The van der Waals surface area contributed by atoms with Gasteiger partial charge in [-0.15, -0.1) is 0 Å². The lowest BCUT2D eigenvalue weighted by Gasteiger charge is -2.20. The van der Waals surface area contributed by atoms with E-state index in [0.717, 1.165) is 89.9 Å². The minimum absolute atomic E-state index is 0.0291. The van der Waals surface area contributed by atoms with Gasteiger partial charge in [0.1, 0.15) is 12.2 Å². The first kappa shape index (κ1) is 53.6. The van der Waals surface area contributed by atoms with Crippen molar-refractivity contribution < 1.29 is 43.0 Å². The maximum Gasteiger partial charge on any atom is 0.472 e. The van der Waals surface area contributed by atoms with Crippen LogP contribution in [0.1, 0.15) is 155 Å². The second-order valence-electron chi connectivity index (χ2n) is 14.0. The Morgan fingerprint density at radius 2 is 1.02 bits per heavy atom. The molecule has 0 aliphatic rings. The number of unbranched alkanes of at least 4 members (excludes halogenated alkanes) is 12. The third-order valence-electron chi connectivity index (χ3n) is 8.56. The number of aliphatic hydroxyl groups is 2. The fraction of sp³-hybridized carbons (Fsp3) is 0.674. The minimum atomic E-state index is -4.53. The van der Waals surface area contributed by atoms with Crippen LogP contribution in [0, 0.1) is 0 Å². The van der Waals surface area contributed by atoms with Crippen LogP contribution in [0.3, 0.4) is 0 Å². The third-order valence-corrected chi connectivity index (χ3v) is 9.52. The number of hydrogen-bond acceptors (Lipinski definition) is 8. The van der Waals surface area contributed by atoms with E-state index in [1.165, 1.54) is 38.5 Å². The molecule has 0 fully saturated rings. The molecule has 3 atom stereocenters. The van der Waals surface area contributed by atoms with Crippen LogP contribution in [-0.2, 0) is 27.9 Å². The molecule has 0 aromatic rings. The van der Waals surface area contributed by atoms with E-state index < -0.39 is 45.8 Å². The van der Waals surface area contributed by atoms with Crippen molar-refractivity contribution >= 4 is 13.8 Å². The van der Waals surface area contributed by atoms with Crippen LogP contribution in [0.4, 0.5) is 0 Å². The van der Waals surface area contributed by atoms with Gasteiger partial charge in [0.25, 0.3) is 0 Å². The summed E-state index contributed by atoms with van der Waals surface area (Å²) in [6.45, 7) is 3.29. The first-order chi connectivity index (χ1) is 27.3. The highest BCUT2D eigenvalue weighted by atomic mass is 31.2. The van der Waals surface area contributed by atoms with E-state index in [4.69, 9.17) is 23.6 Å². The topological polar surface area (TPSA) is 132 Å². The molecule has 0 saturated heterocycles. The first-order valence-electron chi connectivity index (χ1n) is 21.6. The Balaban J connectivity index is 4.24. The number of aliphatic hydroxyl groups excluding tert-OH is 2. The molecular weight excluding hydrogens is 727 g/mol. The zero-order valence-electron chi connectivity index (χ0n) is 35.1. The predicted molar refractivity (Wildman–Crippen MR) is 232 cm³/mol. The molecule has 0 aliphatic heterocycles. The number of phosphoric ester groups is 1. The quantitative estimate of drug-likeness (QED) is 0.0240. The van der Waals surface area contributed by atoms with Gasteiger partial charge in [-0.3, -0.25) is 13.8 Å². The first-order valence-corrected chi connectivity index (χ1v) is 23.1. The summed E-state index contributed by atoms with van der Waals surface area (Å²) in [6, 6.07) is 0. The second kappa shape index (κ2) is 42.3. The van der Waals surface area contributed by atoms with Crippen molar-refractivity contribution in [3.63, 3.8) is 0 Å². The summed E-state index contributed by atoms with van der Waals surface area (Å²) in [5.41, 5.74) is 0. The molecule has 3 N–H and O–H groups in total. The van der Waals surface area contributed by atoms with Crippen LogP contribution in [0.5, 0.6) is 0 Å². The molecule has 3 unspecified atom stereocenters. The number of esters is 1. The van der Waals surface area contributed by atoms with Gasteiger partial charge in [0.15, 0.2) is 0 Å². The molecule has 0 amide bonds. The molecule has 322 valence electrons. The van der Waals surface area contributed by atoms with Gasteiger partial charge in [-0.05, 0) is 83.5 Å². The number of ether oxygens (including phenoxy) is 2. The van der Waals surface area contributed by atoms with Gasteiger partial charge in [0, 0.05) is 13.0 Å². The van der Waals surface area contributed by atoms with Crippen molar-refractivity contribution in [1.82, 2.24) is 0 Å². The molecule has 0 rings (SSSR count). The standard InChI is InChI=1S/C46H79O9P/c1-3-5-7-9-11-13-15-17-18-19-20-21-22-23-24-25-26-27-28-30-32-34-36-38-46(49)55-45(43-54-56(50,51)53-41-44(48)40-47)42-52-39-37-35-33-31-29-16-14-12-10-8-6-4-2/h5,7,10-13,17-18,20-21,23-24,26-27,44-45,47-48H,3-4,6,8-9,14-16,19,22,25,28-43H2,1-2H3,(H,50,51)/b7-5-,12-10-,13-11-,18-17-,21-20-,24-23-,27-26-. The molecule has 0 saturated carbocycles. The molecule has 9 nitrogen and oxygen atoms in total. The van der Waals surface area contributed by atoms with E-state index in [0.29, 0.717) is 13.0 Å².